The number of hydrogen-bond donors (Lipinski definition) is 0. The summed E-state index contributed by atoms with van der Waals surface area (Å²) in [5.41, 5.74) is 2.41. The van der Waals surface area contributed by atoms with Crippen LogP contribution in [0, 0.1) is 19.8 Å². The lowest BCUT2D eigenvalue weighted by Crippen LogP contribution is -2.41. The Bertz CT molecular complexity index is 865. The van der Waals surface area contributed by atoms with Crippen molar-refractivity contribution in [2.75, 3.05) is 27.2 Å². The number of rotatable bonds is 4. The second-order valence-electron chi connectivity index (χ2n) is 7.50. The van der Waals surface area contributed by atoms with Crippen LogP contribution in [-0.2, 0) is 6.42 Å². The number of amides is 2. The summed E-state index contributed by atoms with van der Waals surface area (Å²) in [5.74, 6) is 0.652. The van der Waals surface area contributed by atoms with Crippen LogP contribution >= 0.6 is 0 Å². The van der Waals surface area contributed by atoms with Crippen molar-refractivity contribution >= 4 is 11.8 Å². The van der Waals surface area contributed by atoms with Crippen molar-refractivity contribution in [3.8, 4) is 0 Å². The van der Waals surface area contributed by atoms with E-state index in [0.717, 1.165) is 30.8 Å². The van der Waals surface area contributed by atoms with Gasteiger partial charge in [0.05, 0.1) is 11.9 Å². The van der Waals surface area contributed by atoms with E-state index < -0.39 is 0 Å². The smallest absolute Gasteiger partial charge is 0.274 e. The largest absolute Gasteiger partial charge is 0.343 e. The normalized spacial score (nSPS) is 16.7. The molecule has 2 amide bonds. The minimum Gasteiger partial charge on any atom is -0.343 e. The summed E-state index contributed by atoms with van der Waals surface area (Å²) in [5, 5.41) is 0. The van der Waals surface area contributed by atoms with Gasteiger partial charge in [-0.1, -0.05) is 0 Å². The molecular weight excluding hydrogens is 356 g/mol. The number of nitrogens with zero attached hydrogens (tertiary/aromatic N) is 6. The van der Waals surface area contributed by atoms with E-state index >= 15 is 0 Å². The van der Waals surface area contributed by atoms with Crippen molar-refractivity contribution in [3.05, 3.63) is 47.1 Å². The van der Waals surface area contributed by atoms with Crippen LogP contribution in [0.4, 0.5) is 0 Å². The number of piperidine rings is 1. The van der Waals surface area contributed by atoms with Gasteiger partial charge in [0.15, 0.2) is 0 Å². The molecule has 8 heteroatoms. The van der Waals surface area contributed by atoms with Gasteiger partial charge in [-0.15, -0.1) is 0 Å². The SMILES string of the molecule is Cc1cnc(C(=O)N2CCC[C@H](Cc3cc(C(=O)N(C)C)nc(C)n3)C2)cn1. The highest BCUT2D eigenvalue weighted by Crippen LogP contribution is 2.22. The Balaban J connectivity index is 1.70. The lowest BCUT2D eigenvalue weighted by atomic mass is 9.93. The van der Waals surface area contributed by atoms with E-state index in [1.54, 1.807) is 33.3 Å². The quantitative estimate of drug-likeness (QED) is 0.799. The van der Waals surface area contributed by atoms with E-state index in [-0.39, 0.29) is 17.7 Å². The molecule has 148 valence electrons. The van der Waals surface area contributed by atoms with E-state index in [1.807, 2.05) is 11.8 Å². The first-order chi connectivity index (χ1) is 13.3. The first-order valence-corrected chi connectivity index (χ1v) is 9.47. The monoisotopic (exact) mass is 382 g/mol. The molecule has 1 atom stereocenters. The number of carbonyl (C=O) groups excluding carboxylic acids is 2. The maximum absolute atomic E-state index is 12.7. The first kappa shape index (κ1) is 19.9. The van der Waals surface area contributed by atoms with Gasteiger partial charge in [-0.25, -0.2) is 15.0 Å². The highest BCUT2D eigenvalue weighted by atomic mass is 16.2. The molecule has 0 aromatic carbocycles. The van der Waals surface area contributed by atoms with Gasteiger partial charge in [0.25, 0.3) is 11.8 Å². The minimum absolute atomic E-state index is 0.0838. The molecule has 3 heterocycles. The predicted molar refractivity (Wildman–Crippen MR) is 104 cm³/mol. The number of carbonyl (C=O) groups is 2. The van der Waals surface area contributed by atoms with Crippen LogP contribution in [0.25, 0.3) is 0 Å². The average molecular weight is 382 g/mol. The van der Waals surface area contributed by atoms with Gasteiger partial charge < -0.3 is 9.80 Å². The Hall–Kier alpha value is -2.90. The molecule has 1 aliphatic rings. The van der Waals surface area contributed by atoms with Crippen LogP contribution in [-0.4, -0.2) is 68.7 Å². The molecule has 2 aromatic heterocycles. The molecule has 0 saturated carbocycles. The highest BCUT2D eigenvalue weighted by molar-refractivity contribution is 5.92. The summed E-state index contributed by atoms with van der Waals surface area (Å²) < 4.78 is 0. The molecule has 1 fully saturated rings. The maximum atomic E-state index is 12.7. The maximum Gasteiger partial charge on any atom is 0.274 e. The summed E-state index contributed by atoms with van der Waals surface area (Å²) in [6.45, 7) is 5.01. The Labute approximate surface area is 165 Å². The second-order valence-corrected chi connectivity index (χ2v) is 7.50. The lowest BCUT2D eigenvalue weighted by molar-refractivity contribution is 0.0666. The fraction of sp³-hybridized carbons (Fsp3) is 0.500. The molecule has 0 aliphatic carbocycles. The number of aromatic nitrogens is 4. The molecule has 1 aliphatic heterocycles. The van der Waals surface area contributed by atoms with Gasteiger partial charge in [0, 0.05) is 39.1 Å². The fourth-order valence-electron chi connectivity index (χ4n) is 3.45. The number of aryl methyl sites for hydroxylation is 2. The molecule has 0 spiro atoms. The van der Waals surface area contributed by atoms with Crippen molar-refractivity contribution < 1.29 is 9.59 Å². The molecule has 8 nitrogen and oxygen atoms in total. The Kier molecular flexibility index (Phi) is 5.96. The van der Waals surface area contributed by atoms with Gasteiger partial charge in [-0.3, -0.25) is 14.6 Å². The van der Waals surface area contributed by atoms with Gasteiger partial charge in [-0.2, -0.15) is 0 Å². The van der Waals surface area contributed by atoms with Crippen molar-refractivity contribution in [2.24, 2.45) is 5.92 Å². The molecule has 2 aromatic rings. The van der Waals surface area contributed by atoms with Crippen molar-refractivity contribution in [1.29, 1.82) is 0 Å². The Morgan fingerprint density at radius 3 is 2.61 bits per heavy atom. The zero-order valence-electron chi connectivity index (χ0n) is 16.8. The molecule has 28 heavy (non-hydrogen) atoms. The molecule has 0 unspecified atom stereocenters. The van der Waals surface area contributed by atoms with Crippen molar-refractivity contribution in [1.82, 2.24) is 29.7 Å². The molecule has 0 radical (unpaired) electrons. The van der Waals surface area contributed by atoms with Crippen LogP contribution in [0.2, 0.25) is 0 Å². The van der Waals surface area contributed by atoms with Gasteiger partial charge in [0.2, 0.25) is 0 Å². The van der Waals surface area contributed by atoms with Crippen molar-refractivity contribution in [3.63, 3.8) is 0 Å². The van der Waals surface area contributed by atoms with E-state index in [0.29, 0.717) is 30.2 Å². The third-order valence-corrected chi connectivity index (χ3v) is 4.82. The summed E-state index contributed by atoms with van der Waals surface area (Å²) in [6, 6.07) is 1.77. The summed E-state index contributed by atoms with van der Waals surface area (Å²) in [6.07, 6.45) is 5.81. The topological polar surface area (TPSA) is 92.2 Å². The summed E-state index contributed by atoms with van der Waals surface area (Å²) >= 11 is 0. The van der Waals surface area contributed by atoms with Crippen LogP contribution in [0.5, 0.6) is 0 Å². The molecule has 3 rings (SSSR count). The zero-order valence-corrected chi connectivity index (χ0v) is 16.8. The van der Waals surface area contributed by atoms with Gasteiger partial charge >= 0.3 is 0 Å². The Morgan fingerprint density at radius 1 is 1.14 bits per heavy atom. The number of likely N-dealkylation sites (tertiary alicyclic amines) is 1. The first-order valence-electron chi connectivity index (χ1n) is 9.47. The standard InChI is InChI=1S/C20H26N6O2/c1-13-10-22-18(11-21-13)20(28)26-7-5-6-15(12-26)8-16-9-17(19(27)25(3)4)24-14(2)23-16/h9-11,15H,5-8,12H2,1-4H3/t15-/m1/s1. The van der Waals surface area contributed by atoms with Crippen LogP contribution < -0.4 is 0 Å². The van der Waals surface area contributed by atoms with Gasteiger partial charge in [-0.05, 0) is 45.1 Å². The lowest BCUT2D eigenvalue weighted by Gasteiger charge is -2.32. The third kappa shape index (κ3) is 4.68. The Morgan fingerprint density at radius 2 is 1.93 bits per heavy atom. The third-order valence-electron chi connectivity index (χ3n) is 4.82. The molecule has 0 bridgehead atoms. The summed E-state index contributed by atoms with van der Waals surface area (Å²) in [4.78, 5) is 45.4. The minimum atomic E-state index is -0.134. The molecule has 1 saturated heterocycles. The highest BCUT2D eigenvalue weighted by Gasteiger charge is 2.26. The predicted octanol–water partition coefficient (Wildman–Crippen LogP) is 1.68. The fourth-order valence-corrected chi connectivity index (χ4v) is 3.45. The van der Waals surface area contributed by atoms with Crippen molar-refractivity contribution in [2.45, 2.75) is 33.1 Å². The van der Waals surface area contributed by atoms with Crippen LogP contribution in [0.1, 0.15) is 51.0 Å². The molecular formula is C20H26N6O2. The van der Waals surface area contributed by atoms with E-state index in [1.165, 1.54) is 11.1 Å². The van der Waals surface area contributed by atoms with Crippen LogP contribution in [0.15, 0.2) is 18.5 Å². The average Bonchev–Trinajstić information content (AvgIpc) is 2.67. The van der Waals surface area contributed by atoms with Gasteiger partial charge in [0.1, 0.15) is 17.2 Å². The zero-order chi connectivity index (χ0) is 20.3. The second kappa shape index (κ2) is 8.41. The summed E-state index contributed by atoms with van der Waals surface area (Å²) in [7, 11) is 3.41. The number of hydrogen-bond acceptors (Lipinski definition) is 6. The van der Waals surface area contributed by atoms with E-state index in [9.17, 15) is 9.59 Å². The van der Waals surface area contributed by atoms with E-state index in [2.05, 4.69) is 19.9 Å². The molecule has 0 N–H and O–H groups in total. The van der Waals surface area contributed by atoms with E-state index in [4.69, 9.17) is 0 Å². The van der Waals surface area contributed by atoms with Crippen LogP contribution in [0.3, 0.4) is 0 Å².